The minimum absolute atomic E-state index is 0.259. The summed E-state index contributed by atoms with van der Waals surface area (Å²) in [5.74, 6) is 0.963. The lowest BCUT2D eigenvalue weighted by atomic mass is 10.2. The number of allylic oxidation sites excluding steroid dienone is 1. The number of carbonyl (C=O) groups is 3. The molecule has 0 N–H and O–H groups in total. The molecule has 0 spiro atoms. The van der Waals surface area contributed by atoms with Gasteiger partial charge in [-0.2, -0.15) is 0 Å². The van der Waals surface area contributed by atoms with Gasteiger partial charge in [0.1, 0.15) is 24.2 Å². The third-order valence-electron chi connectivity index (χ3n) is 5.73. The molecule has 5 aromatic rings. The van der Waals surface area contributed by atoms with E-state index in [2.05, 4.69) is 46.4 Å². The van der Waals surface area contributed by atoms with Gasteiger partial charge in [0, 0.05) is 18.0 Å². The van der Waals surface area contributed by atoms with E-state index in [0.717, 1.165) is 24.7 Å². The molecule has 0 bridgehead atoms. The zero-order chi connectivity index (χ0) is 30.0. The number of aromatic nitrogens is 2. The van der Waals surface area contributed by atoms with Crippen LogP contribution in [0.4, 0.5) is 8.78 Å². The lowest BCUT2D eigenvalue weighted by Gasteiger charge is -2.27. The van der Waals surface area contributed by atoms with Crippen LogP contribution in [-0.2, 0) is 9.59 Å². The van der Waals surface area contributed by atoms with Crippen molar-refractivity contribution in [3.63, 3.8) is 0 Å². The van der Waals surface area contributed by atoms with Gasteiger partial charge in [-0.3, -0.25) is 24.4 Å². The molecule has 2 heterocycles. The van der Waals surface area contributed by atoms with Crippen LogP contribution in [0.1, 0.15) is 15.9 Å². The van der Waals surface area contributed by atoms with Crippen LogP contribution >= 0.6 is 6.89 Å². The monoisotopic (exact) mass is 580 g/mol. The maximum absolute atomic E-state index is 12.4. The highest BCUT2D eigenvalue weighted by molar-refractivity contribution is 7.95. The molecule has 3 aromatic carbocycles. The summed E-state index contributed by atoms with van der Waals surface area (Å²) in [5.41, 5.74) is 0.840. The molecule has 0 atom stereocenters. The zero-order valence-corrected chi connectivity index (χ0v) is 23.3. The van der Waals surface area contributed by atoms with Crippen molar-refractivity contribution >= 4 is 53.5 Å². The molecular weight excluding hydrogens is 553 g/mol. The fourth-order valence-corrected chi connectivity index (χ4v) is 7.47. The average molecular weight is 581 g/mol. The van der Waals surface area contributed by atoms with E-state index in [1.54, 1.807) is 0 Å². The van der Waals surface area contributed by atoms with E-state index < -0.39 is 18.5 Å². The molecule has 210 valence electrons. The fourth-order valence-electron chi connectivity index (χ4n) is 3.95. The van der Waals surface area contributed by atoms with Crippen LogP contribution in [0.5, 0.6) is 0 Å². The van der Waals surface area contributed by atoms with Crippen LogP contribution in [0.2, 0.25) is 0 Å². The Balaban J connectivity index is 0.000000201. The van der Waals surface area contributed by atoms with Crippen LogP contribution in [-0.4, -0.2) is 34.6 Å². The van der Waals surface area contributed by atoms with Gasteiger partial charge in [0.05, 0.1) is 12.4 Å². The van der Waals surface area contributed by atoms with Gasteiger partial charge in [-0.05, 0) is 52.4 Å². The molecule has 2 aromatic heterocycles. The van der Waals surface area contributed by atoms with Gasteiger partial charge >= 0.3 is 0 Å². The summed E-state index contributed by atoms with van der Waals surface area (Å²) in [5, 5.41) is 3.58. The number of rotatable bonds is 7. The molecule has 8 heteroatoms. The Morgan fingerprint density at radius 3 is 1.33 bits per heavy atom. The summed E-state index contributed by atoms with van der Waals surface area (Å²) < 4.78 is 24.5. The quantitative estimate of drug-likeness (QED) is 0.145. The van der Waals surface area contributed by atoms with E-state index in [0.29, 0.717) is 18.1 Å². The van der Waals surface area contributed by atoms with E-state index in [-0.39, 0.29) is 5.56 Å². The molecule has 0 aliphatic rings. The molecule has 0 amide bonds. The van der Waals surface area contributed by atoms with Crippen molar-refractivity contribution in [3.8, 4) is 0 Å². The first kappa shape index (κ1) is 31.4. The van der Waals surface area contributed by atoms with E-state index in [1.807, 2.05) is 60.4 Å². The lowest BCUT2D eigenvalue weighted by molar-refractivity contribution is -0.104. The van der Waals surface area contributed by atoms with Crippen LogP contribution in [0.15, 0.2) is 134 Å². The summed E-state index contributed by atoms with van der Waals surface area (Å²) in [7, 11) is 0. The van der Waals surface area contributed by atoms with E-state index >= 15 is 0 Å². The third kappa shape index (κ3) is 8.95. The lowest BCUT2D eigenvalue weighted by Crippen LogP contribution is -2.27. The summed E-state index contributed by atoms with van der Waals surface area (Å²) in [4.78, 5) is 38.4. The highest BCUT2D eigenvalue weighted by atomic mass is 31.2. The van der Waals surface area contributed by atoms with Crippen LogP contribution in [0.3, 0.4) is 0 Å². The summed E-state index contributed by atoms with van der Waals surface area (Å²) in [6.07, 6.45) is 9.84. The highest BCUT2D eigenvalue weighted by Crippen LogP contribution is 2.42. The molecule has 0 aliphatic carbocycles. The molecule has 0 saturated heterocycles. The predicted octanol–water partition coefficient (Wildman–Crippen LogP) is 5.45. The minimum Gasteiger partial charge on any atom is -0.299 e. The van der Waals surface area contributed by atoms with Gasteiger partial charge in [0.15, 0.2) is 6.29 Å². The number of hydrogen-bond donors (Lipinski definition) is 0. The first-order valence-corrected chi connectivity index (χ1v) is 14.5. The van der Waals surface area contributed by atoms with Crippen molar-refractivity contribution < 1.29 is 23.2 Å². The van der Waals surface area contributed by atoms with E-state index in [1.165, 1.54) is 46.5 Å². The van der Waals surface area contributed by atoms with Crippen molar-refractivity contribution in [1.29, 1.82) is 0 Å². The predicted molar refractivity (Wildman–Crippen MR) is 166 cm³/mol. The standard InChI is InChI=1S/C20H17OP.C8H6FNO.C6H4FNO/c21-16-17-22(18-10-4-1-5-11-18,19-12-6-2-7-13-19)20-14-8-3-9-15-20;9-8-4-7(2-1-3-11)5-10-6-8;7-6-1-5(4-9)2-8-3-6/h1-17H;1-6H;1-4H/b;2-1+;. The van der Waals surface area contributed by atoms with Gasteiger partial charge in [0.2, 0.25) is 0 Å². The first-order chi connectivity index (χ1) is 20.5. The molecule has 0 unspecified atom stereocenters. The van der Waals surface area contributed by atoms with Crippen molar-refractivity contribution in [3.05, 3.63) is 157 Å². The number of pyridine rings is 2. The second kappa shape index (κ2) is 16.9. The SMILES string of the molecule is O=C/C=C/c1cncc(F)c1.O=CC=P(c1ccccc1)(c1ccccc1)c1ccccc1.O=Cc1cncc(F)c1. The summed E-state index contributed by atoms with van der Waals surface area (Å²) in [6.45, 7) is -2.05. The first-order valence-electron chi connectivity index (χ1n) is 12.7. The van der Waals surface area contributed by atoms with Gasteiger partial charge in [-0.25, -0.2) is 8.78 Å². The van der Waals surface area contributed by atoms with Crippen molar-refractivity contribution in [2.24, 2.45) is 0 Å². The van der Waals surface area contributed by atoms with Crippen LogP contribution < -0.4 is 15.9 Å². The molecule has 0 fully saturated rings. The summed E-state index contributed by atoms with van der Waals surface area (Å²) >= 11 is 0. The smallest absolute Gasteiger partial charge is 0.151 e. The Bertz CT molecular complexity index is 1560. The maximum atomic E-state index is 12.4. The van der Waals surface area contributed by atoms with Gasteiger partial charge in [-0.15, -0.1) is 0 Å². The molecule has 0 radical (unpaired) electrons. The molecule has 0 saturated carbocycles. The van der Waals surface area contributed by atoms with Crippen LogP contribution in [0.25, 0.3) is 6.08 Å². The summed E-state index contributed by atoms with van der Waals surface area (Å²) in [6, 6.07) is 33.4. The molecule has 42 heavy (non-hydrogen) atoms. The number of benzene rings is 3. The topological polar surface area (TPSA) is 77.0 Å². The van der Waals surface area contributed by atoms with Crippen LogP contribution in [0, 0.1) is 11.6 Å². The normalized spacial score (nSPS) is 10.3. The van der Waals surface area contributed by atoms with Gasteiger partial charge in [-0.1, -0.05) is 97.1 Å². The minimum atomic E-state index is -2.05. The number of carbonyl (C=O) groups excluding carboxylic acids is 3. The molecule has 5 rings (SSSR count). The Hall–Kier alpha value is -5.13. The second-order valence-electron chi connectivity index (χ2n) is 8.50. The Morgan fingerprint density at radius 2 is 0.976 bits per heavy atom. The second-order valence-corrected chi connectivity index (χ2v) is 11.8. The van der Waals surface area contributed by atoms with E-state index in [9.17, 15) is 23.2 Å². The van der Waals surface area contributed by atoms with Crippen molar-refractivity contribution in [2.75, 3.05) is 0 Å². The average Bonchev–Trinajstić information content (AvgIpc) is 3.04. The molecule has 5 nitrogen and oxygen atoms in total. The number of hydrogen-bond acceptors (Lipinski definition) is 5. The Labute approximate surface area is 243 Å². The number of aldehydes is 3. The largest absolute Gasteiger partial charge is 0.299 e. The highest BCUT2D eigenvalue weighted by Gasteiger charge is 2.24. The third-order valence-corrected chi connectivity index (χ3v) is 9.64. The van der Waals surface area contributed by atoms with Gasteiger partial charge in [0.25, 0.3) is 0 Å². The van der Waals surface area contributed by atoms with Crippen molar-refractivity contribution in [2.45, 2.75) is 0 Å². The maximum Gasteiger partial charge on any atom is 0.151 e. The molecule has 0 aliphatic heterocycles. The van der Waals surface area contributed by atoms with E-state index in [4.69, 9.17) is 0 Å². The fraction of sp³-hybridized carbons (Fsp3) is 0. The van der Waals surface area contributed by atoms with Crippen molar-refractivity contribution in [1.82, 2.24) is 9.97 Å². The van der Waals surface area contributed by atoms with Gasteiger partial charge < -0.3 is 0 Å². The Kier molecular flexibility index (Phi) is 12.6. The number of halogens is 2. The number of nitrogens with zero attached hydrogens (tertiary/aromatic N) is 2. The Morgan fingerprint density at radius 1 is 0.548 bits per heavy atom. The zero-order valence-electron chi connectivity index (χ0n) is 22.4. The molecular formula is C34H27F2N2O3P.